The van der Waals surface area contributed by atoms with E-state index in [4.69, 9.17) is 4.74 Å². The van der Waals surface area contributed by atoms with Gasteiger partial charge < -0.3 is 4.74 Å². The van der Waals surface area contributed by atoms with Gasteiger partial charge in [-0.2, -0.15) is 0 Å². The zero-order valence-electron chi connectivity index (χ0n) is 11.4. The molecule has 0 heterocycles. The van der Waals surface area contributed by atoms with Crippen LogP contribution in [0.15, 0.2) is 24.3 Å². The van der Waals surface area contributed by atoms with Crippen LogP contribution in [-0.4, -0.2) is 33.3 Å². The van der Waals surface area contributed by atoms with E-state index < -0.39 is 16.0 Å². The smallest absolute Gasteiger partial charge is 0.326 e. The number of ether oxygens (including phenoxy) is 1. The summed E-state index contributed by atoms with van der Waals surface area (Å²) >= 11 is 0. The first kappa shape index (κ1) is 15.5. The highest BCUT2D eigenvalue weighted by molar-refractivity contribution is 7.92. The molecule has 0 aromatic heterocycles. The highest BCUT2D eigenvalue weighted by atomic mass is 32.2. The number of esters is 1. The summed E-state index contributed by atoms with van der Waals surface area (Å²) in [5, 5.41) is 0. The van der Waals surface area contributed by atoms with Gasteiger partial charge in [0.1, 0.15) is 6.54 Å². The molecule has 0 atom stereocenters. The predicted molar refractivity (Wildman–Crippen MR) is 74.6 cm³/mol. The van der Waals surface area contributed by atoms with Crippen LogP contribution in [-0.2, 0) is 19.6 Å². The van der Waals surface area contributed by atoms with Crippen molar-refractivity contribution in [3.63, 3.8) is 0 Å². The molecule has 0 radical (unpaired) electrons. The van der Waals surface area contributed by atoms with Crippen molar-refractivity contribution in [2.45, 2.75) is 20.8 Å². The average Bonchev–Trinajstić information content (AvgIpc) is 2.37. The first-order valence-electron chi connectivity index (χ1n) is 6.13. The molecule has 1 aromatic rings. The van der Waals surface area contributed by atoms with Gasteiger partial charge in [-0.15, -0.1) is 0 Å². The third-order valence-corrected chi connectivity index (χ3v) is 4.34. The maximum Gasteiger partial charge on any atom is 0.326 e. The third-order valence-electron chi connectivity index (χ3n) is 2.60. The summed E-state index contributed by atoms with van der Waals surface area (Å²) < 4.78 is 30.0. The molecule has 0 spiro atoms. The summed E-state index contributed by atoms with van der Waals surface area (Å²) in [5.74, 6) is -0.625. The normalized spacial score (nSPS) is 11.1. The molecule has 0 aliphatic rings. The fraction of sp³-hybridized carbons (Fsp3) is 0.462. The second kappa shape index (κ2) is 6.56. The molecule has 1 rings (SSSR count). The molecule has 5 nitrogen and oxygen atoms in total. The molecule has 1 aromatic carbocycles. The maximum atomic E-state index is 12.0. The van der Waals surface area contributed by atoms with Crippen molar-refractivity contribution >= 4 is 21.7 Å². The monoisotopic (exact) mass is 285 g/mol. The number of aryl methyl sites for hydroxylation is 1. The van der Waals surface area contributed by atoms with Gasteiger partial charge in [0.15, 0.2) is 0 Å². The topological polar surface area (TPSA) is 63.7 Å². The Labute approximate surface area is 114 Å². The van der Waals surface area contributed by atoms with Crippen molar-refractivity contribution < 1.29 is 17.9 Å². The lowest BCUT2D eigenvalue weighted by Crippen LogP contribution is -2.37. The van der Waals surface area contributed by atoms with E-state index >= 15 is 0 Å². The Morgan fingerprint density at radius 2 is 1.79 bits per heavy atom. The van der Waals surface area contributed by atoms with Crippen LogP contribution in [0.3, 0.4) is 0 Å². The van der Waals surface area contributed by atoms with Crippen LogP contribution in [0.2, 0.25) is 0 Å². The van der Waals surface area contributed by atoms with Crippen LogP contribution >= 0.6 is 0 Å². The van der Waals surface area contributed by atoms with E-state index in [9.17, 15) is 13.2 Å². The lowest BCUT2D eigenvalue weighted by Gasteiger charge is -2.22. The van der Waals surface area contributed by atoms with Gasteiger partial charge in [0.05, 0.1) is 18.0 Å². The van der Waals surface area contributed by atoms with Crippen molar-refractivity contribution in [1.29, 1.82) is 0 Å². The third kappa shape index (κ3) is 4.24. The van der Waals surface area contributed by atoms with E-state index in [1.807, 2.05) is 6.92 Å². The number of carbonyl (C=O) groups is 1. The van der Waals surface area contributed by atoms with Crippen molar-refractivity contribution in [3.05, 3.63) is 29.8 Å². The van der Waals surface area contributed by atoms with Gasteiger partial charge in [-0.1, -0.05) is 17.7 Å². The fourth-order valence-electron chi connectivity index (χ4n) is 1.54. The zero-order chi connectivity index (χ0) is 14.5. The maximum absolute atomic E-state index is 12.0. The Kier molecular flexibility index (Phi) is 5.35. The standard InChI is InChI=1S/C13H19NO4S/c1-4-18-13(15)10-14(19(16,17)5-2)12-8-6-11(3)7-9-12/h6-9H,4-5,10H2,1-3H3. The zero-order valence-corrected chi connectivity index (χ0v) is 12.2. The van der Waals surface area contributed by atoms with Crippen LogP contribution in [0.25, 0.3) is 0 Å². The molecule has 0 saturated carbocycles. The number of sulfonamides is 1. The van der Waals surface area contributed by atoms with Gasteiger partial charge >= 0.3 is 5.97 Å². The number of hydrogen-bond donors (Lipinski definition) is 0. The molecule has 0 amide bonds. The number of anilines is 1. The number of nitrogens with zero attached hydrogens (tertiary/aromatic N) is 1. The van der Waals surface area contributed by atoms with Crippen LogP contribution in [0.5, 0.6) is 0 Å². The number of benzene rings is 1. The Hall–Kier alpha value is -1.56. The Morgan fingerprint density at radius 1 is 1.21 bits per heavy atom. The number of hydrogen-bond acceptors (Lipinski definition) is 4. The molecule has 0 unspecified atom stereocenters. The van der Waals surface area contributed by atoms with Crippen molar-refractivity contribution in [2.24, 2.45) is 0 Å². The summed E-state index contributed by atoms with van der Waals surface area (Å²) in [4.78, 5) is 11.5. The minimum absolute atomic E-state index is 0.0692. The molecule has 106 valence electrons. The Bertz CT molecular complexity index is 522. The van der Waals surface area contributed by atoms with Gasteiger partial charge in [-0.05, 0) is 32.9 Å². The molecule has 0 aliphatic heterocycles. The summed E-state index contributed by atoms with van der Waals surface area (Å²) in [6, 6.07) is 6.97. The number of rotatable bonds is 6. The number of carbonyl (C=O) groups excluding carboxylic acids is 1. The summed E-state index contributed by atoms with van der Waals surface area (Å²) in [7, 11) is -3.51. The summed E-state index contributed by atoms with van der Waals surface area (Å²) in [6.45, 7) is 5.07. The minimum Gasteiger partial charge on any atom is -0.465 e. The minimum atomic E-state index is -3.51. The molecule has 0 N–H and O–H groups in total. The average molecular weight is 285 g/mol. The second-order valence-corrected chi connectivity index (χ2v) is 6.23. The van der Waals surface area contributed by atoms with Crippen LogP contribution in [0, 0.1) is 6.92 Å². The first-order valence-corrected chi connectivity index (χ1v) is 7.74. The first-order chi connectivity index (χ1) is 8.90. The van der Waals surface area contributed by atoms with Gasteiger partial charge in [-0.25, -0.2) is 8.42 Å². The Morgan fingerprint density at radius 3 is 2.26 bits per heavy atom. The molecular weight excluding hydrogens is 266 g/mol. The summed E-state index contributed by atoms with van der Waals surface area (Å²) in [6.07, 6.45) is 0. The largest absolute Gasteiger partial charge is 0.465 e. The van der Waals surface area contributed by atoms with Crippen LogP contribution in [0.4, 0.5) is 5.69 Å². The molecule has 6 heteroatoms. The quantitative estimate of drug-likeness (QED) is 0.746. The van der Waals surface area contributed by atoms with Crippen LogP contribution < -0.4 is 4.31 Å². The van der Waals surface area contributed by atoms with Crippen molar-refractivity contribution in [1.82, 2.24) is 0 Å². The van der Waals surface area contributed by atoms with E-state index in [0.717, 1.165) is 9.87 Å². The van der Waals surface area contributed by atoms with E-state index in [1.165, 1.54) is 0 Å². The second-order valence-electron chi connectivity index (χ2n) is 4.05. The van der Waals surface area contributed by atoms with E-state index in [-0.39, 0.29) is 18.9 Å². The molecule has 0 aliphatic carbocycles. The van der Waals surface area contributed by atoms with E-state index in [1.54, 1.807) is 38.1 Å². The summed E-state index contributed by atoms with van der Waals surface area (Å²) in [5.41, 5.74) is 1.49. The van der Waals surface area contributed by atoms with Gasteiger partial charge in [0, 0.05) is 0 Å². The van der Waals surface area contributed by atoms with E-state index in [0.29, 0.717) is 5.69 Å². The SMILES string of the molecule is CCOC(=O)CN(c1ccc(C)cc1)S(=O)(=O)CC. The van der Waals surface area contributed by atoms with E-state index in [2.05, 4.69) is 0 Å². The Balaban J connectivity index is 3.06. The fourth-order valence-corrected chi connectivity index (χ4v) is 2.60. The molecule has 0 fully saturated rings. The molecular formula is C13H19NO4S. The van der Waals surface area contributed by atoms with Gasteiger partial charge in [0.2, 0.25) is 10.0 Å². The predicted octanol–water partition coefficient (Wildman–Crippen LogP) is 1.71. The van der Waals surface area contributed by atoms with Gasteiger partial charge in [-0.3, -0.25) is 9.10 Å². The lowest BCUT2D eigenvalue weighted by atomic mass is 10.2. The lowest BCUT2D eigenvalue weighted by molar-refractivity contribution is -0.141. The van der Waals surface area contributed by atoms with Crippen molar-refractivity contribution in [2.75, 3.05) is 23.2 Å². The van der Waals surface area contributed by atoms with Crippen LogP contribution in [0.1, 0.15) is 19.4 Å². The van der Waals surface area contributed by atoms with Gasteiger partial charge in [0.25, 0.3) is 0 Å². The molecule has 19 heavy (non-hydrogen) atoms. The molecule has 0 bridgehead atoms. The molecule has 0 saturated heterocycles. The highest BCUT2D eigenvalue weighted by Gasteiger charge is 2.23. The van der Waals surface area contributed by atoms with Crippen molar-refractivity contribution in [3.8, 4) is 0 Å². The highest BCUT2D eigenvalue weighted by Crippen LogP contribution is 2.19.